The minimum absolute atomic E-state index is 0.225. The van der Waals surface area contributed by atoms with E-state index in [0.717, 1.165) is 11.1 Å². The third kappa shape index (κ3) is 4.46. The average Bonchev–Trinajstić information content (AvgIpc) is 2.76. The van der Waals surface area contributed by atoms with Crippen LogP contribution in [0.1, 0.15) is 29.7 Å². The zero-order valence-electron chi connectivity index (χ0n) is 17.1. The summed E-state index contributed by atoms with van der Waals surface area (Å²) in [5.41, 5.74) is 2.79. The number of rotatable bonds is 4. The maximum atomic E-state index is 13.7. The van der Waals surface area contributed by atoms with Crippen LogP contribution in [0.3, 0.4) is 0 Å². The van der Waals surface area contributed by atoms with Gasteiger partial charge < -0.3 is 10.2 Å². The molecule has 7 heteroatoms. The molecule has 0 radical (unpaired) electrons. The van der Waals surface area contributed by atoms with Crippen molar-refractivity contribution in [2.45, 2.75) is 30.0 Å². The van der Waals surface area contributed by atoms with Crippen LogP contribution in [0.15, 0.2) is 77.7 Å². The number of urea groups is 1. The highest BCUT2D eigenvalue weighted by atomic mass is 32.2. The Hall–Kier alpha value is -3.19. The molecular weight excluding hydrogens is 415 g/mol. The Morgan fingerprint density at radius 1 is 1.06 bits per heavy atom. The van der Waals surface area contributed by atoms with E-state index in [2.05, 4.69) is 5.32 Å². The van der Waals surface area contributed by atoms with E-state index in [1.807, 2.05) is 6.92 Å². The van der Waals surface area contributed by atoms with Crippen LogP contribution in [0.4, 0.5) is 14.9 Å². The van der Waals surface area contributed by atoms with Crippen LogP contribution in [0.25, 0.3) is 0 Å². The second-order valence-corrected chi connectivity index (χ2v) is 9.61. The van der Waals surface area contributed by atoms with Crippen molar-refractivity contribution < 1.29 is 17.6 Å². The average molecular weight is 439 g/mol. The molecule has 0 aliphatic carbocycles. The molecular formula is C24H23FN2O3S. The molecule has 5 nitrogen and oxygen atoms in total. The van der Waals surface area contributed by atoms with Gasteiger partial charge in [0.1, 0.15) is 5.82 Å². The molecule has 0 bridgehead atoms. The number of nitrogens with zero attached hydrogens (tertiary/aromatic N) is 1. The fourth-order valence-electron chi connectivity index (χ4n) is 3.93. The highest BCUT2D eigenvalue weighted by Gasteiger charge is 2.28. The number of benzene rings is 3. The van der Waals surface area contributed by atoms with Crippen LogP contribution >= 0.6 is 0 Å². The number of carbonyl (C=O) groups excluding carboxylic acids is 1. The van der Waals surface area contributed by atoms with Crippen molar-refractivity contribution in [3.8, 4) is 0 Å². The molecule has 3 aromatic rings. The third-order valence-electron chi connectivity index (χ3n) is 5.62. The molecule has 0 saturated carbocycles. The first-order chi connectivity index (χ1) is 14.8. The standard InChI is InChI=1S/C24H23FN2O3S/c1-17-22-15-20(25)12-11-18(22)13-14-27(17)24(28)26-23-10-6-5-7-19(23)16-31(29,30)21-8-3-2-4-9-21/h2-12,15,17H,13-14,16H2,1H3,(H,26,28). The minimum Gasteiger partial charge on any atom is -0.317 e. The van der Waals surface area contributed by atoms with E-state index in [-0.39, 0.29) is 28.5 Å². The summed E-state index contributed by atoms with van der Waals surface area (Å²) in [7, 11) is -3.56. The lowest BCUT2D eigenvalue weighted by molar-refractivity contribution is 0.188. The molecule has 3 aromatic carbocycles. The fourth-order valence-corrected chi connectivity index (χ4v) is 5.33. The van der Waals surface area contributed by atoms with Crippen molar-refractivity contribution in [3.63, 3.8) is 0 Å². The predicted octanol–water partition coefficient (Wildman–Crippen LogP) is 4.95. The molecule has 2 amide bonds. The van der Waals surface area contributed by atoms with Gasteiger partial charge in [0.05, 0.1) is 16.7 Å². The van der Waals surface area contributed by atoms with Crippen molar-refractivity contribution in [3.05, 3.63) is 95.3 Å². The second-order valence-electron chi connectivity index (χ2n) is 7.62. The van der Waals surface area contributed by atoms with Crippen LogP contribution < -0.4 is 5.32 Å². The van der Waals surface area contributed by atoms with E-state index < -0.39 is 9.84 Å². The summed E-state index contributed by atoms with van der Waals surface area (Å²) in [5, 5.41) is 2.86. The van der Waals surface area contributed by atoms with E-state index in [1.54, 1.807) is 65.6 Å². The van der Waals surface area contributed by atoms with E-state index in [1.165, 1.54) is 12.1 Å². The number of halogens is 1. The molecule has 31 heavy (non-hydrogen) atoms. The molecule has 160 valence electrons. The van der Waals surface area contributed by atoms with Crippen LogP contribution in [0.2, 0.25) is 0 Å². The first-order valence-corrected chi connectivity index (χ1v) is 11.7. The Morgan fingerprint density at radius 2 is 1.77 bits per heavy atom. The zero-order chi connectivity index (χ0) is 22.0. The van der Waals surface area contributed by atoms with Gasteiger partial charge in [0.25, 0.3) is 0 Å². The van der Waals surface area contributed by atoms with Gasteiger partial charge in [0, 0.05) is 12.2 Å². The molecule has 1 aliphatic rings. The largest absolute Gasteiger partial charge is 0.322 e. The fraction of sp³-hybridized carbons (Fsp3) is 0.208. The normalized spacial score (nSPS) is 15.9. The van der Waals surface area contributed by atoms with Crippen LogP contribution in [0.5, 0.6) is 0 Å². The highest BCUT2D eigenvalue weighted by molar-refractivity contribution is 7.90. The quantitative estimate of drug-likeness (QED) is 0.627. The highest BCUT2D eigenvalue weighted by Crippen LogP contribution is 2.31. The summed E-state index contributed by atoms with van der Waals surface area (Å²) in [5.74, 6) is -0.554. The van der Waals surface area contributed by atoms with Crippen molar-refractivity contribution in [1.29, 1.82) is 0 Å². The van der Waals surface area contributed by atoms with Gasteiger partial charge in [0.15, 0.2) is 9.84 Å². The third-order valence-corrected chi connectivity index (χ3v) is 7.30. The van der Waals surface area contributed by atoms with Gasteiger partial charge in [-0.15, -0.1) is 0 Å². The number of carbonyl (C=O) groups is 1. The van der Waals surface area contributed by atoms with Gasteiger partial charge in [-0.3, -0.25) is 0 Å². The molecule has 1 unspecified atom stereocenters. The molecule has 1 N–H and O–H groups in total. The number of hydrogen-bond acceptors (Lipinski definition) is 3. The number of nitrogens with one attached hydrogen (secondary N) is 1. The Kier molecular flexibility index (Phi) is 5.78. The van der Waals surface area contributed by atoms with Gasteiger partial charge in [0.2, 0.25) is 0 Å². The van der Waals surface area contributed by atoms with Crippen molar-refractivity contribution in [1.82, 2.24) is 4.90 Å². The van der Waals surface area contributed by atoms with Crippen molar-refractivity contribution in [2.75, 3.05) is 11.9 Å². The van der Waals surface area contributed by atoms with E-state index in [0.29, 0.717) is 24.2 Å². The van der Waals surface area contributed by atoms with Gasteiger partial charge in [-0.2, -0.15) is 0 Å². The number of hydrogen-bond donors (Lipinski definition) is 1. The molecule has 1 heterocycles. The lowest BCUT2D eigenvalue weighted by atomic mass is 9.94. The molecule has 1 atom stereocenters. The lowest BCUT2D eigenvalue weighted by Crippen LogP contribution is -2.41. The predicted molar refractivity (Wildman–Crippen MR) is 118 cm³/mol. The summed E-state index contributed by atoms with van der Waals surface area (Å²) in [6.07, 6.45) is 0.636. The van der Waals surface area contributed by atoms with Gasteiger partial charge >= 0.3 is 6.03 Å². The van der Waals surface area contributed by atoms with Crippen LogP contribution in [0, 0.1) is 5.82 Å². The molecule has 1 aliphatic heterocycles. The number of para-hydroxylation sites is 1. The Balaban J connectivity index is 1.55. The topological polar surface area (TPSA) is 66.5 Å². The molecule has 0 aromatic heterocycles. The zero-order valence-corrected chi connectivity index (χ0v) is 17.9. The van der Waals surface area contributed by atoms with Crippen molar-refractivity contribution >= 4 is 21.6 Å². The Bertz CT molecular complexity index is 1210. The number of sulfone groups is 1. The smallest absolute Gasteiger partial charge is 0.317 e. The van der Waals surface area contributed by atoms with Gasteiger partial charge in [-0.05, 0) is 60.4 Å². The first-order valence-electron chi connectivity index (χ1n) is 10.1. The van der Waals surface area contributed by atoms with Crippen LogP contribution in [-0.4, -0.2) is 25.9 Å². The van der Waals surface area contributed by atoms with Gasteiger partial charge in [-0.25, -0.2) is 17.6 Å². The Labute approximate surface area is 181 Å². The monoisotopic (exact) mass is 438 g/mol. The van der Waals surface area contributed by atoms with E-state index in [9.17, 15) is 17.6 Å². The summed E-state index contributed by atoms with van der Waals surface area (Å²) >= 11 is 0. The maximum absolute atomic E-state index is 13.7. The first kappa shape index (κ1) is 21.1. The molecule has 4 rings (SSSR count). The summed E-state index contributed by atoms with van der Waals surface area (Å²) in [6.45, 7) is 2.36. The summed E-state index contributed by atoms with van der Waals surface area (Å²) in [6, 6.07) is 19.2. The summed E-state index contributed by atoms with van der Waals surface area (Å²) < 4.78 is 39.3. The van der Waals surface area contributed by atoms with E-state index in [4.69, 9.17) is 0 Å². The van der Waals surface area contributed by atoms with Crippen molar-refractivity contribution in [2.24, 2.45) is 0 Å². The van der Waals surface area contributed by atoms with Crippen LogP contribution in [-0.2, 0) is 22.0 Å². The Morgan fingerprint density at radius 3 is 2.55 bits per heavy atom. The SMILES string of the molecule is CC1c2cc(F)ccc2CCN1C(=O)Nc1ccccc1CS(=O)(=O)c1ccccc1. The molecule has 0 saturated heterocycles. The van der Waals surface area contributed by atoms with Gasteiger partial charge in [-0.1, -0.05) is 42.5 Å². The number of anilines is 1. The molecule has 0 spiro atoms. The number of fused-ring (bicyclic) bond motifs is 1. The maximum Gasteiger partial charge on any atom is 0.322 e. The van der Waals surface area contributed by atoms with E-state index >= 15 is 0 Å². The number of amides is 2. The second kappa shape index (κ2) is 8.51. The minimum atomic E-state index is -3.56. The molecule has 0 fully saturated rings. The lowest BCUT2D eigenvalue weighted by Gasteiger charge is -2.35. The summed E-state index contributed by atoms with van der Waals surface area (Å²) in [4.78, 5) is 14.9.